The largest absolute Gasteiger partial charge is 0.538 e. The van der Waals surface area contributed by atoms with Gasteiger partial charge in [-0.3, -0.25) is 5.41 Å². The molecule has 1 fully saturated rings. The molecule has 0 unspecified atom stereocenters. The van der Waals surface area contributed by atoms with Crippen molar-refractivity contribution >= 4 is 13.5 Å². The highest BCUT2D eigenvalue weighted by Gasteiger charge is 2.22. The van der Waals surface area contributed by atoms with Gasteiger partial charge in [0.1, 0.15) is 5.75 Å². The number of likely N-dealkylation sites (tertiary alicyclic amines) is 1. The molecular formula is C23H39BN4O2. The van der Waals surface area contributed by atoms with Crippen LogP contribution in [0.25, 0.3) is 0 Å². The van der Waals surface area contributed by atoms with Crippen LogP contribution in [-0.2, 0) is 6.42 Å². The smallest absolute Gasteiger partial charge is 0.504 e. The average molecular weight is 414 g/mol. The van der Waals surface area contributed by atoms with Gasteiger partial charge >= 0.3 is 7.69 Å². The molecule has 2 rings (SSSR count). The van der Waals surface area contributed by atoms with Gasteiger partial charge < -0.3 is 25.6 Å². The summed E-state index contributed by atoms with van der Waals surface area (Å²) in [6, 6.07) is 4.44. The molecule has 30 heavy (non-hydrogen) atoms. The number of hydrogen-bond donors (Lipinski definition) is 4. The molecule has 0 bridgehead atoms. The van der Waals surface area contributed by atoms with Gasteiger partial charge in [0.2, 0.25) is 0 Å². The Morgan fingerprint density at radius 1 is 1.43 bits per heavy atom. The molecule has 1 atom stereocenters. The second kappa shape index (κ2) is 12.0. The minimum Gasteiger partial charge on any atom is -0.538 e. The van der Waals surface area contributed by atoms with Gasteiger partial charge in [-0.05, 0) is 74.2 Å². The molecular weight excluding hydrogens is 375 g/mol. The van der Waals surface area contributed by atoms with Gasteiger partial charge in [-0.25, -0.2) is 0 Å². The van der Waals surface area contributed by atoms with E-state index in [2.05, 4.69) is 49.7 Å². The lowest BCUT2D eigenvalue weighted by atomic mass is 9.86. The number of amidine groups is 1. The van der Waals surface area contributed by atoms with Crippen molar-refractivity contribution in [2.24, 2.45) is 11.7 Å². The summed E-state index contributed by atoms with van der Waals surface area (Å²) in [7, 11) is -0.282. The Morgan fingerprint density at radius 2 is 2.13 bits per heavy atom. The molecule has 1 aromatic carbocycles. The topological polar surface area (TPSA) is 94.6 Å². The van der Waals surface area contributed by atoms with Crippen molar-refractivity contribution in [3.63, 3.8) is 0 Å². The van der Waals surface area contributed by atoms with Crippen LogP contribution in [0, 0.1) is 18.3 Å². The number of nitrogens with zero attached hydrogens (tertiary/aromatic N) is 1. The predicted molar refractivity (Wildman–Crippen MR) is 126 cm³/mol. The standard InChI is InChI=1S/C23H39BN4O2/c1-5-16(2)21-7-6-20(18(4)23(21)30-24-29)14-19-8-11-28(12-9-19)13-10-22(26)27-15-17(3)25/h6-7,16,19,24,29H,3,5,8-15,25H2,1-2,4H3,(H2,26,27)/t16-/m1/s1. The highest BCUT2D eigenvalue weighted by atomic mass is 16.5. The van der Waals surface area contributed by atoms with E-state index in [1.165, 1.54) is 29.5 Å². The Hall–Kier alpha value is -1.99. The summed E-state index contributed by atoms with van der Waals surface area (Å²) in [6.07, 6.45) is 5.16. The molecule has 166 valence electrons. The van der Waals surface area contributed by atoms with Gasteiger partial charge in [0.15, 0.2) is 0 Å². The van der Waals surface area contributed by atoms with Crippen LogP contribution in [0.1, 0.15) is 62.1 Å². The summed E-state index contributed by atoms with van der Waals surface area (Å²) in [5, 5.41) is 20.3. The fraction of sp³-hybridized carbons (Fsp3) is 0.609. The highest BCUT2D eigenvalue weighted by Crippen LogP contribution is 2.35. The fourth-order valence-electron chi connectivity index (χ4n) is 4.14. The number of benzene rings is 1. The molecule has 5 N–H and O–H groups in total. The summed E-state index contributed by atoms with van der Waals surface area (Å²) < 4.78 is 5.63. The zero-order valence-corrected chi connectivity index (χ0v) is 19.0. The minimum absolute atomic E-state index is 0.282. The third-order valence-electron chi connectivity index (χ3n) is 6.32. The van der Waals surface area contributed by atoms with Gasteiger partial charge in [0.05, 0.1) is 12.4 Å². The van der Waals surface area contributed by atoms with Crippen molar-refractivity contribution in [1.29, 1.82) is 5.41 Å². The molecule has 1 aromatic rings. The lowest BCUT2D eigenvalue weighted by Crippen LogP contribution is -2.37. The number of hydrogen-bond acceptors (Lipinski definition) is 5. The first-order valence-electron chi connectivity index (χ1n) is 11.2. The Balaban J connectivity index is 1.88. The highest BCUT2D eigenvalue weighted by molar-refractivity contribution is 6.17. The SMILES string of the molecule is C=C(N)CNC(=N)CCN1CCC(Cc2ccc([C@H](C)CC)c(OBO)c2C)CC1. The fourth-order valence-corrected chi connectivity index (χ4v) is 4.14. The number of nitrogens with two attached hydrogens (primary N) is 1. The Morgan fingerprint density at radius 3 is 2.73 bits per heavy atom. The first kappa shape index (κ1) is 24.3. The van der Waals surface area contributed by atoms with Crippen LogP contribution in [0.4, 0.5) is 0 Å². The van der Waals surface area contributed by atoms with Crippen LogP contribution in [-0.4, -0.2) is 49.6 Å². The molecule has 1 heterocycles. The van der Waals surface area contributed by atoms with E-state index in [1.54, 1.807) is 0 Å². The summed E-state index contributed by atoms with van der Waals surface area (Å²) in [5.41, 5.74) is 9.79. The average Bonchev–Trinajstić information content (AvgIpc) is 2.74. The lowest BCUT2D eigenvalue weighted by molar-refractivity contribution is 0.188. The summed E-state index contributed by atoms with van der Waals surface area (Å²) in [4.78, 5) is 2.45. The second-order valence-electron chi connectivity index (χ2n) is 8.58. The first-order chi connectivity index (χ1) is 14.3. The van der Waals surface area contributed by atoms with Gasteiger partial charge in [0, 0.05) is 18.7 Å². The molecule has 6 nitrogen and oxygen atoms in total. The predicted octanol–water partition coefficient (Wildman–Crippen LogP) is 2.83. The minimum atomic E-state index is -0.282. The summed E-state index contributed by atoms with van der Waals surface area (Å²) in [6.45, 7) is 13.7. The van der Waals surface area contributed by atoms with Gasteiger partial charge in [-0.15, -0.1) is 0 Å². The number of nitrogens with one attached hydrogen (secondary N) is 2. The normalized spacial score (nSPS) is 16.1. The van der Waals surface area contributed by atoms with E-state index in [9.17, 15) is 5.02 Å². The summed E-state index contributed by atoms with van der Waals surface area (Å²) >= 11 is 0. The monoisotopic (exact) mass is 414 g/mol. The molecule has 7 heteroatoms. The van der Waals surface area contributed by atoms with Crippen LogP contribution >= 0.6 is 0 Å². The summed E-state index contributed by atoms with van der Waals surface area (Å²) in [5.74, 6) is 2.47. The van der Waals surface area contributed by atoms with Crippen LogP contribution in [0.3, 0.4) is 0 Å². The maximum absolute atomic E-state index is 9.36. The second-order valence-corrected chi connectivity index (χ2v) is 8.58. The number of rotatable bonds is 11. The van der Waals surface area contributed by atoms with Crippen molar-refractivity contribution in [3.05, 3.63) is 41.1 Å². The zero-order valence-electron chi connectivity index (χ0n) is 19.0. The quantitative estimate of drug-likeness (QED) is 0.254. The van der Waals surface area contributed by atoms with Crippen molar-refractivity contribution in [2.75, 3.05) is 26.2 Å². The number of piperidine rings is 1. The molecule has 0 radical (unpaired) electrons. The molecule has 0 amide bonds. The van der Waals surface area contributed by atoms with E-state index in [-0.39, 0.29) is 7.69 Å². The Bertz CT molecular complexity index is 717. The van der Waals surface area contributed by atoms with Crippen molar-refractivity contribution in [3.8, 4) is 5.75 Å². The van der Waals surface area contributed by atoms with E-state index in [0.29, 0.717) is 29.9 Å². The maximum atomic E-state index is 9.36. The van der Waals surface area contributed by atoms with E-state index in [0.717, 1.165) is 44.6 Å². The molecule has 1 saturated heterocycles. The zero-order chi connectivity index (χ0) is 22.1. The first-order valence-corrected chi connectivity index (χ1v) is 11.2. The van der Waals surface area contributed by atoms with Crippen molar-refractivity contribution < 1.29 is 9.68 Å². The van der Waals surface area contributed by atoms with E-state index >= 15 is 0 Å². The van der Waals surface area contributed by atoms with Crippen LogP contribution in [0.2, 0.25) is 0 Å². The van der Waals surface area contributed by atoms with Crippen LogP contribution in [0.15, 0.2) is 24.4 Å². The molecule has 0 saturated carbocycles. The Labute approximate surface area is 182 Å². The Kier molecular flexibility index (Phi) is 9.72. The van der Waals surface area contributed by atoms with Gasteiger partial charge in [-0.2, -0.15) is 0 Å². The molecule has 0 aliphatic carbocycles. The van der Waals surface area contributed by atoms with E-state index < -0.39 is 0 Å². The lowest BCUT2D eigenvalue weighted by Gasteiger charge is -2.32. The van der Waals surface area contributed by atoms with Crippen LogP contribution in [0.5, 0.6) is 5.75 Å². The van der Waals surface area contributed by atoms with Gasteiger partial charge in [-0.1, -0.05) is 32.6 Å². The third kappa shape index (κ3) is 7.06. The van der Waals surface area contributed by atoms with Crippen molar-refractivity contribution in [1.82, 2.24) is 10.2 Å². The van der Waals surface area contributed by atoms with Crippen molar-refractivity contribution in [2.45, 2.75) is 58.8 Å². The maximum Gasteiger partial charge on any atom is 0.504 e. The van der Waals surface area contributed by atoms with Crippen LogP contribution < -0.4 is 15.7 Å². The van der Waals surface area contributed by atoms with Gasteiger partial charge in [0.25, 0.3) is 0 Å². The van der Waals surface area contributed by atoms with E-state index in [1.807, 2.05) is 0 Å². The molecule has 1 aliphatic rings. The molecule has 0 spiro atoms. The van der Waals surface area contributed by atoms with E-state index in [4.69, 9.17) is 15.8 Å². The third-order valence-corrected chi connectivity index (χ3v) is 6.32. The molecule has 1 aliphatic heterocycles. The molecule has 0 aromatic heterocycles.